The third kappa shape index (κ3) is 2.62. The van der Waals surface area contributed by atoms with E-state index in [0.29, 0.717) is 17.6 Å². The van der Waals surface area contributed by atoms with Gasteiger partial charge in [-0.05, 0) is 18.8 Å². The van der Waals surface area contributed by atoms with Crippen molar-refractivity contribution in [3.8, 4) is 0 Å². The third-order valence-electron chi connectivity index (χ3n) is 3.42. The van der Waals surface area contributed by atoms with Crippen molar-refractivity contribution in [3.63, 3.8) is 0 Å². The van der Waals surface area contributed by atoms with Gasteiger partial charge in [0, 0.05) is 6.04 Å². The molecular weight excluding hydrogens is 200 g/mol. The summed E-state index contributed by atoms with van der Waals surface area (Å²) in [5, 5.41) is 3.46. The van der Waals surface area contributed by atoms with Gasteiger partial charge in [0.25, 0.3) is 0 Å². The highest BCUT2D eigenvalue weighted by Gasteiger charge is 2.20. The Bertz CT molecular complexity index is 340. The Morgan fingerprint density at radius 2 is 2.12 bits per heavy atom. The van der Waals surface area contributed by atoms with E-state index >= 15 is 0 Å². The first-order chi connectivity index (χ1) is 7.77. The zero-order valence-electron chi connectivity index (χ0n) is 9.82. The Morgan fingerprint density at radius 1 is 1.31 bits per heavy atom. The Labute approximate surface area is 96.7 Å². The smallest absolute Gasteiger partial charge is 0.152 e. The summed E-state index contributed by atoms with van der Waals surface area (Å²) < 4.78 is 0. The Morgan fingerprint density at radius 3 is 2.94 bits per heavy atom. The maximum atomic E-state index is 5.83. The molecule has 3 N–H and O–H groups in total. The van der Waals surface area contributed by atoms with E-state index in [1.165, 1.54) is 32.1 Å². The molecule has 4 heteroatoms. The maximum absolute atomic E-state index is 5.83. The van der Waals surface area contributed by atoms with Crippen molar-refractivity contribution in [2.75, 3.05) is 11.1 Å². The lowest BCUT2D eigenvalue weighted by Crippen LogP contribution is -2.27. The molecule has 0 radical (unpaired) electrons. The summed E-state index contributed by atoms with van der Waals surface area (Å²) in [6.45, 7) is 2.31. The van der Waals surface area contributed by atoms with Crippen LogP contribution in [-0.4, -0.2) is 16.0 Å². The highest BCUT2D eigenvalue weighted by molar-refractivity contribution is 5.59. The molecule has 0 bridgehead atoms. The van der Waals surface area contributed by atoms with E-state index in [-0.39, 0.29) is 0 Å². The molecule has 0 saturated heterocycles. The van der Waals surface area contributed by atoms with Crippen LogP contribution in [0.4, 0.5) is 11.5 Å². The van der Waals surface area contributed by atoms with Gasteiger partial charge < -0.3 is 11.1 Å². The summed E-state index contributed by atoms with van der Waals surface area (Å²) in [7, 11) is 0. The average molecular weight is 220 g/mol. The summed E-state index contributed by atoms with van der Waals surface area (Å²) in [6, 6.07) is 0.500. The van der Waals surface area contributed by atoms with Gasteiger partial charge in [0.05, 0.1) is 11.9 Å². The van der Waals surface area contributed by atoms with Crippen molar-refractivity contribution >= 4 is 11.5 Å². The number of hydrogen-bond acceptors (Lipinski definition) is 4. The van der Waals surface area contributed by atoms with Crippen LogP contribution in [0.1, 0.15) is 39.0 Å². The molecule has 0 aromatic carbocycles. The van der Waals surface area contributed by atoms with Crippen LogP contribution in [0.5, 0.6) is 0 Å². The van der Waals surface area contributed by atoms with E-state index in [0.717, 1.165) is 5.82 Å². The minimum atomic E-state index is 0.500. The van der Waals surface area contributed by atoms with E-state index in [1.807, 2.05) is 0 Å². The molecule has 4 nitrogen and oxygen atoms in total. The average Bonchev–Trinajstić information content (AvgIpc) is 2.48. The molecule has 16 heavy (non-hydrogen) atoms. The lowest BCUT2D eigenvalue weighted by atomic mass is 9.97. The fourth-order valence-electron chi connectivity index (χ4n) is 2.34. The fourth-order valence-corrected chi connectivity index (χ4v) is 2.34. The highest BCUT2D eigenvalue weighted by Crippen LogP contribution is 2.26. The molecular formula is C12H20N4. The lowest BCUT2D eigenvalue weighted by molar-refractivity contribution is 0.456. The van der Waals surface area contributed by atoms with Crippen LogP contribution in [0, 0.1) is 5.92 Å². The molecule has 1 aliphatic rings. The van der Waals surface area contributed by atoms with Gasteiger partial charge >= 0.3 is 0 Å². The number of nitrogens with zero attached hydrogens (tertiary/aromatic N) is 2. The number of nitrogens with one attached hydrogen (secondary N) is 1. The predicted octanol–water partition coefficient (Wildman–Crippen LogP) is 2.44. The SMILES string of the molecule is CC1CCCCCC1Nc1ncncc1N. The second-order valence-electron chi connectivity index (χ2n) is 4.69. The van der Waals surface area contributed by atoms with Gasteiger partial charge in [-0.15, -0.1) is 0 Å². The normalized spacial score (nSPS) is 26.1. The molecule has 1 aromatic rings. The van der Waals surface area contributed by atoms with Gasteiger partial charge in [0.1, 0.15) is 6.33 Å². The zero-order chi connectivity index (χ0) is 11.4. The molecule has 2 rings (SSSR count). The van der Waals surface area contributed by atoms with Crippen LogP contribution in [0.15, 0.2) is 12.5 Å². The van der Waals surface area contributed by atoms with E-state index < -0.39 is 0 Å². The van der Waals surface area contributed by atoms with Crippen LogP contribution >= 0.6 is 0 Å². The third-order valence-corrected chi connectivity index (χ3v) is 3.42. The molecule has 0 amide bonds. The molecule has 2 unspecified atom stereocenters. The number of nitrogens with two attached hydrogens (primary N) is 1. The number of rotatable bonds is 2. The first kappa shape index (κ1) is 11.2. The van der Waals surface area contributed by atoms with Crippen LogP contribution in [0.3, 0.4) is 0 Å². The second-order valence-corrected chi connectivity index (χ2v) is 4.69. The quantitative estimate of drug-likeness (QED) is 0.751. The fraction of sp³-hybridized carbons (Fsp3) is 0.667. The van der Waals surface area contributed by atoms with Crippen molar-refractivity contribution in [1.29, 1.82) is 0 Å². The van der Waals surface area contributed by atoms with Crippen LogP contribution in [-0.2, 0) is 0 Å². The molecule has 1 aromatic heterocycles. The molecule has 1 fully saturated rings. The number of anilines is 2. The molecule has 1 aliphatic carbocycles. The monoisotopic (exact) mass is 220 g/mol. The van der Waals surface area contributed by atoms with E-state index in [9.17, 15) is 0 Å². The predicted molar refractivity (Wildman–Crippen MR) is 66.1 cm³/mol. The molecule has 2 atom stereocenters. The van der Waals surface area contributed by atoms with Gasteiger partial charge in [-0.1, -0.05) is 26.2 Å². The lowest BCUT2D eigenvalue weighted by Gasteiger charge is -2.23. The van der Waals surface area contributed by atoms with Gasteiger partial charge in [-0.25, -0.2) is 9.97 Å². The van der Waals surface area contributed by atoms with E-state index in [2.05, 4.69) is 22.2 Å². The minimum Gasteiger partial charge on any atom is -0.394 e. The van der Waals surface area contributed by atoms with Gasteiger partial charge in [0.15, 0.2) is 5.82 Å². The van der Waals surface area contributed by atoms with Crippen molar-refractivity contribution < 1.29 is 0 Å². The number of hydrogen-bond donors (Lipinski definition) is 2. The van der Waals surface area contributed by atoms with Gasteiger partial charge in [0.2, 0.25) is 0 Å². The van der Waals surface area contributed by atoms with E-state index in [1.54, 1.807) is 12.5 Å². The Kier molecular flexibility index (Phi) is 3.59. The minimum absolute atomic E-state index is 0.500. The number of nitrogen functional groups attached to an aromatic ring is 1. The molecule has 0 spiro atoms. The molecule has 88 valence electrons. The first-order valence-corrected chi connectivity index (χ1v) is 6.09. The number of aromatic nitrogens is 2. The highest BCUT2D eigenvalue weighted by atomic mass is 15.1. The summed E-state index contributed by atoms with van der Waals surface area (Å²) in [4.78, 5) is 8.09. The van der Waals surface area contributed by atoms with Crippen LogP contribution in [0.2, 0.25) is 0 Å². The Hall–Kier alpha value is -1.32. The molecule has 1 saturated carbocycles. The standard InChI is InChI=1S/C12H20N4/c1-9-5-3-2-4-6-11(9)16-12-10(13)7-14-8-15-12/h7-9,11H,2-6,13H2,1H3,(H,14,15,16). The summed E-state index contributed by atoms with van der Waals surface area (Å²) in [6.07, 6.45) is 9.69. The van der Waals surface area contributed by atoms with Crippen molar-refractivity contribution in [2.45, 2.75) is 45.1 Å². The van der Waals surface area contributed by atoms with E-state index in [4.69, 9.17) is 5.73 Å². The largest absolute Gasteiger partial charge is 0.394 e. The molecule has 0 aliphatic heterocycles. The summed E-state index contributed by atoms with van der Waals surface area (Å²) >= 11 is 0. The van der Waals surface area contributed by atoms with Crippen molar-refractivity contribution in [3.05, 3.63) is 12.5 Å². The molecule has 1 heterocycles. The zero-order valence-corrected chi connectivity index (χ0v) is 9.82. The van der Waals surface area contributed by atoms with Crippen molar-refractivity contribution in [2.24, 2.45) is 5.92 Å². The van der Waals surface area contributed by atoms with Crippen LogP contribution < -0.4 is 11.1 Å². The summed E-state index contributed by atoms with van der Waals surface area (Å²) in [5.74, 6) is 1.48. The van der Waals surface area contributed by atoms with Gasteiger partial charge in [-0.2, -0.15) is 0 Å². The second kappa shape index (κ2) is 5.14. The van der Waals surface area contributed by atoms with Gasteiger partial charge in [-0.3, -0.25) is 0 Å². The van der Waals surface area contributed by atoms with Crippen LogP contribution in [0.25, 0.3) is 0 Å². The summed E-state index contributed by atoms with van der Waals surface area (Å²) in [5.41, 5.74) is 6.47. The topological polar surface area (TPSA) is 63.8 Å². The Balaban J connectivity index is 2.05. The van der Waals surface area contributed by atoms with Crippen molar-refractivity contribution in [1.82, 2.24) is 9.97 Å². The maximum Gasteiger partial charge on any atom is 0.152 e. The first-order valence-electron chi connectivity index (χ1n) is 6.09.